The van der Waals surface area contributed by atoms with Gasteiger partial charge in [0, 0.05) is 19.5 Å². The molecule has 0 saturated heterocycles. The summed E-state index contributed by atoms with van der Waals surface area (Å²) in [6.45, 7) is 4.70. The fraction of sp³-hybridized carbons (Fsp3) is 0.366. The van der Waals surface area contributed by atoms with E-state index in [2.05, 4.69) is 110 Å². The van der Waals surface area contributed by atoms with E-state index in [0.29, 0.717) is 38.1 Å². The average Bonchev–Trinajstić information content (AvgIpc) is 3.08. The summed E-state index contributed by atoms with van der Waals surface area (Å²) in [7, 11) is 0. The van der Waals surface area contributed by atoms with Crippen LogP contribution in [0.3, 0.4) is 0 Å². The van der Waals surface area contributed by atoms with Crippen LogP contribution in [0.1, 0.15) is 83.1 Å². The lowest BCUT2D eigenvalue weighted by molar-refractivity contribution is -0.122. The molecule has 2 amide bonds. The molecule has 1 unspecified atom stereocenters. The summed E-state index contributed by atoms with van der Waals surface area (Å²) < 4.78 is 5.16. The molecule has 2 N–H and O–H groups in total. The Morgan fingerprint density at radius 3 is 1.85 bits per heavy atom. The lowest BCUT2D eigenvalue weighted by Crippen LogP contribution is -2.38. The van der Waals surface area contributed by atoms with E-state index in [9.17, 15) is 9.59 Å². The molecule has 1 atom stereocenters. The van der Waals surface area contributed by atoms with E-state index in [1.165, 1.54) is 0 Å². The second-order valence-corrected chi connectivity index (χ2v) is 13.5. The van der Waals surface area contributed by atoms with Crippen molar-refractivity contribution in [2.45, 2.75) is 81.6 Å². The predicted molar refractivity (Wildman–Crippen MR) is 210 cm³/mol. The van der Waals surface area contributed by atoms with Crippen LogP contribution >= 0.6 is 25.3 Å². The number of para-hydroxylation sites is 1. The Balaban J connectivity index is 1.54. The quantitative estimate of drug-likeness (QED) is 0.0534. The monoisotopic (exact) mass is 686 g/mol. The van der Waals surface area contributed by atoms with Crippen molar-refractivity contribution >= 4 is 37.1 Å². The zero-order chi connectivity index (χ0) is 34.7. The van der Waals surface area contributed by atoms with Crippen molar-refractivity contribution in [1.82, 2.24) is 10.6 Å². The molecule has 0 bridgehead atoms. The second kappa shape index (κ2) is 25.4. The van der Waals surface area contributed by atoms with E-state index in [4.69, 9.17) is 4.74 Å². The third kappa shape index (κ3) is 19.9. The number of carbonyl (C=O) groups excluding carboxylic acids is 2. The van der Waals surface area contributed by atoms with Crippen molar-refractivity contribution in [3.63, 3.8) is 0 Å². The van der Waals surface area contributed by atoms with Crippen LogP contribution in [-0.4, -0.2) is 29.0 Å². The fourth-order valence-corrected chi connectivity index (χ4v) is 4.82. The molecule has 2 aromatic rings. The van der Waals surface area contributed by atoms with Crippen molar-refractivity contribution in [2.75, 3.05) is 13.1 Å². The maximum absolute atomic E-state index is 12.8. The van der Waals surface area contributed by atoms with Crippen LogP contribution < -0.4 is 15.4 Å². The van der Waals surface area contributed by atoms with Crippen LogP contribution in [0.5, 0.6) is 11.5 Å². The molecular formula is C41H54N2O3S2. The van der Waals surface area contributed by atoms with Crippen molar-refractivity contribution in [2.24, 2.45) is 0 Å². The minimum atomic E-state index is -0.746. The third-order valence-corrected chi connectivity index (χ3v) is 8.02. The molecule has 0 saturated carbocycles. The number of rotatable bonds is 23. The number of carbonyl (C=O) groups is 2. The minimum Gasteiger partial charge on any atom is -0.457 e. The zero-order valence-corrected chi connectivity index (χ0v) is 30.4. The number of amides is 2. The van der Waals surface area contributed by atoms with Gasteiger partial charge in [-0.3, -0.25) is 9.59 Å². The first-order chi connectivity index (χ1) is 23.3. The molecule has 0 aliphatic rings. The molecule has 0 aliphatic carbocycles. The van der Waals surface area contributed by atoms with Crippen LogP contribution in [0, 0.1) is 0 Å². The van der Waals surface area contributed by atoms with Gasteiger partial charge >= 0.3 is 0 Å². The molecule has 258 valence electrons. The van der Waals surface area contributed by atoms with Crippen LogP contribution in [0.25, 0.3) is 0 Å². The fourth-order valence-electron chi connectivity index (χ4n) is 4.43. The molecule has 48 heavy (non-hydrogen) atoms. The highest BCUT2D eigenvalue weighted by atomic mass is 32.2. The van der Waals surface area contributed by atoms with Crippen LogP contribution in [-0.2, 0) is 9.59 Å². The van der Waals surface area contributed by atoms with Gasteiger partial charge in [0.2, 0.25) is 11.8 Å². The topological polar surface area (TPSA) is 67.4 Å². The van der Waals surface area contributed by atoms with Gasteiger partial charge in [-0.1, -0.05) is 110 Å². The summed E-state index contributed by atoms with van der Waals surface area (Å²) in [6.07, 6.45) is 33.4. The molecule has 7 heteroatoms. The summed E-state index contributed by atoms with van der Waals surface area (Å²) in [6, 6.07) is 17.1. The average molecular weight is 687 g/mol. The van der Waals surface area contributed by atoms with Gasteiger partial charge < -0.3 is 15.4 Å². The van der Waals surface area contributed by atoms with Gasteiger partial charge in [0.05, 0.1) is 10.00 Å². The Morgan fingerprint density at radius 1 is 0.729 bits per heavy atom. The molecule has 2 rings (SSSR count). The summed E-state index contributed by atoms with van der Waals surface area (Å²) in [5, 5.41) is 5.88. The van der Waals surface area contributed by atoms with Crippen LogP contribution in [0.2, 0.25) is 0 Å². The van der Waals surface area contributed by atoms with E-state index >= 15 is 0 Å². The van der Waals surface area contributed by atoms with Gasteiger partial charge in [0.1, 0.15) is 11.5 Å². The number of hydrogen-bond donors (Lipinski definition) is 4. The maximum Gasteiger partial charge on any atom is 0.227 e. The number of thiol groups is 2. The summed E-state index contributed by atoms with van der Waals surface area (Å²) in [5.74, 6) is 0.931. The van der Waals surface area contributed by atoms with E-state index < -0.39 is 4.08 Å². The Morgan fingerprint density at radius 2 is 1.27 bits per heavy atom. The van der Waals surface area contributed by atoms with E-state index in [-0.39, 0.29) is 17.7 Å². The van der Waals surface area contributed by atoms with Crippen LogP contribution in [0.4, 0.5) is 0 Å². The van der Waals surface area contributed by atoms with Gasteiger partial charge in [-0.2, -0.15) is 25.3 Å². The second-order valence-electron chi connectivity index (χ2n) is 11.5. The molecule has 0 spiro atoms. The molecule has 0 heterocycles. The minimum absolute atomic E-state index is 0.0442. The standard InChI is InChI=1S/C41H54N2O3S2/c1-3-4-5-6-7-8-9-10-11-12-13-14-15-16-17-18-19-20-24-30-39(44)43-34-41(47,48)31-32-42-40(45)35(2)36-26-25-29-38(33-36)46-37-27-22-21-23-28-37/h4-5,7-8,10-11,13-14,16-17,19-23,25-29,33,35,47-48H,3,6,9,12,15,18,24,30-32,34H2,1-2H3,(H,42,45)(H,43,44)/b5-4-,8-7-,11-10-,14-13-,17-16-,20-19-. The lowest BCUT2D eigenvalue weighted by Gasteiger charge is -2.23. The summed E-state index contributed by atoms with van der Waals surface area (Å²) in [4.78, 5) is 25.1. The van der Waals surface area contributed by atoms with Crippen molar-refractivity contribution in [3.8, 4) is 11.5 Å². The highest BCUT2D eigenvalue weighted by Gasteiger charge is 2.22. The zero-order valence-electron chi connectivity index (χ0n) is 28.6. The molecular weight excluding hydrogens is 633 g/mol. The Kier molecular flexibility index (Phi) is 21.4. The molecule has 0 aromatic heterocycles. The first-order valence-corrected chi connectivity index (χ1v) is 17.9. The van der Waals surface area contributed by atoms with E-state index in [1.54, 1.807) is 0 Å². The Bertz CT molecular complexity index is 1380. The number of allylic oxidation sites excluding steroid dienone is 12. The van der Waals surface area contributed by atoms with Gasteiger partial charge in [-0.15, -0.1) is 0 Å². The van der Waals surface area contributed by atoms with Gasteiger partial charge in [-0.05, 0) is 88.1 Å². The predicted octanol–water partition coefficient (Wildman–Crippen LogP) is 10.2. The highest BCUT2D eigenvalue weighted by Crippen LogP contribution is 2.26. The SMILES string of the molecule is CC/C=C\C/C=C\C/C=C\C/C=C\C/C=C\C/C=C\CCC(=O)NCC(S)(S)CCNC(=O)C(C)c1cccc(Oc2ccccc2)c1. The van der Waals surface area contributed by atoms with Crippen molar-refractivity contribution in [3.05, 3.63) is 133 Å². The molecule has 0 fully saturated rings. The van der Waals surface area contributed by atoms with Gasteiger partial charge in [0.25, 0.3) is 0 Å². The number of hydrogen-bond acceptors (Lipinski definition) is 5. The lowest BCUT2D eigenvalue weighted by atomic mass is 10.00. The number of benzene rings is 2. The highest BCUT2D eigenvalue weighted by molar-refractivity contribution is 8.00. The summed E-state index contributed by atoms with van der Waals surface area (Å²) in [5.41, 5.74) is 0.864. The maximum atomic E-state index is 12.8. The molecule has 5 nitrogen and oxygen atoms in total. The summed E-state index contributed by atoms with van der Waals surface area (Å²) >= 11 is 9.21. The Hall–Kier alpha value is -3.68. The third-order valence-electron chi connectivity index (χ3n) is 7.26. The van der Waals surface area contributed by atoms with E-state index in [0.717, 1.165) is 49.8 Å². The largest absolute Gasteiger partial charge is 0.457 e. The Labute approximate surface area is 300 Å². The molecule has 2 aromatic carbocycles. The van der Waals surface area contributed by atoms with Gasteiger partial charge in [-0.25, -0.2) is 0 Å². The molecule has 0 aliphatic heterocycles. The first kappa shape index (κ1) is 40.5. The van der Waals surface area contributed by atoms with E-state index in [1.807, 2.05) is 67.6 Å². The number of ether oxygens (including phenoxy) is 1. The smallest absolute Gasteiger partial charge is 0.227 e. The van der Waals surface area contributed by atoms with Crippen LogP contribution in [0.15, 0.2) is 128 Å². The molecule has 0 radical (unpaired) electrons. The van der Waals surface area contributed by atoms with Gasteiger partial charge in [0.15, 0.2) is 0 Å². The van der Waals surface area contributed by atoms with Crippen molar-refractivity contribution in [1.29, 1.82) is 0 Å². The normalized spacial score (nSPS) is 13.1. The van der Waals surface area contributed by atoms with Crippen molar-refractivity contribution < 1.29 is 14.3 Å². The number of nitrogens with one attached hydrogen (secondary N) is 2. The first-order valence-electron chi connectivity index (χ1n) is 17.0.